The molecule has 0 saturated heterocycles. The molecular weight excluding hydrogens is 369 g/mol. The summed E-state index contributed by atoms with van der Waals surface area (Å²) in [6.07, 6.45) is 0. The topological polar surface area (TPSA) is 92.6 Å². The van der Waals surface area contributed by atoms with Crippen molar-refractivity contribution in [3.63, 3.8) is 0 Å². The van der Waals surface area contributed by atoms with Crippen LogP contribution in [0.2, 0.25) is 10.0 Å². The van der Waals surface area contributed by atoms with Crippen LogP contribution in [0, 0.1) is 10.1 Å². The molecule has 0 unspecified atom stereocenters. The van der Waals surface area contributed by atoms with E-state index in [2.05, 4.69) is 5.32 Å². The van der Waals surface area contributed by atoms with Gasteiger partial charge >= 0.3 is 0 Å². The molecule has 25 heavy (non-hydrogen) atoms. The van der Waals surface area contributed by atoms with E-state index in [1.54, 1.807) is 18.2 Å². The van der Waals surface area contributed by atoms with Gasteiger partial charge in [0.2, 0.25) is 5.91 Å². The number of carbonyl (C=O) groups excluding carboxylic acids is 2. The minimum Gasteiger partial charge on any atom is -0.332 e. The molecule has 130 valence electrons. The summed E-state index contributed by atoms with van der Waals surface area (Å²) in [6.45, 7) is -0.239. The third-order valence-electron chi connectivity index (χ3n) is 3.28. The van der Waals surface area contributed by atoms with Crippen molar-refractivity contribution < 1.29 is 14.5 Å². The Kier molecular flexibility index (Phi) is 5.95. The molecule has 2 rings (SSSR count). The lowest BCUT2D eigenvalue weighted by Crippen LogP contribution is -2.35. The quantitative estimate of drug-likeness (QED) is 0.632. The van der Waals surface area contributed by atoms with Gasteiger partial charge in [0.1, 0.15) is 0 Å². The smallest absolute Gasteiger partial charge is 0.269 e. The SMILES string of the molecule is CN(CC(=O)Nc1c(Cl)cccc1Cl)C(=O)c1ccc([N+](=O)[O-])cc1. The Morgan fingerprint density at radius 2 is 1.68 bits per heavy atom. The highest BCUT2D eigenvalue weighted by Crippen LogP contribution is 2.29. The number of anilines is 1. The summed E-state index contributed by atoms with van der Waals surface area (Å²) in [5, 5.41) is 13.7. The molecule has 2 amide bonds. The fraction of sp³-hybridized carbons (Fsp3) is 0.125. The van der Waals surface area contributed by atoms with Gasteiger partial charge in [0.25, 0.3) is 11.6 Å². The number of benzene rings is 2. The number of carbonyl (C=O) groups is 2. The molecule has 0 spiro atoms. The van der Waals surface area contributed by atoms with Crippen molar-refractivity contribution in [1.82, 2.24) is 4.90 Å². The Morgan fingerprint density at radius 3 is 2.20 bits per heavy atom. The highest BCUT2D eigenvalue weighted by molar-refractivity contribution is 6.39. The maximum Gasteiger partial charge on any atom is 0.269 e. The fourth-order valence-corrected chi connectivity index (χ4v) is 2.52. The first-order chi connectivity index (χ1) is 11.8. The van der Waals surface area contributed by atoms with Crippen LogP contribution in [0.15, 0.2) is 42.5 Å². The second kappa shape index (κ2) is 7.96. The molecule has 0 atom stereocenters. The first-order valence-electron chi connectivity index (χ1n) is 7.03. The average Bonchev–Trinajstić information content (AvgIpc) is 2.57. The maximum atomic E-state index is 12.3. The van der Waals surface area contributed by atoms with E-state index in [4.69, 9.17) is 23.2 Å². The minimum atomic E-state index is -0.557. The summed E-state index contributed by atoms with van der Waals surface area (Å²) in [4.78, 5) is 35.6. The summed E-state index contributed by atoms with van der Waals surface area (Å²) in [6, 6.07) is 9.92. The van der Waals surface area contributed by atoms with Gasteiger partial charge in [-0.05, 0) is 24.3 Å². The number of amides is 2. The molecule has 0 fully saturated rings. The Hall–Kier alpha value is -2.64. The number of nitrogens with zero attached hydrogens (tertiary/aromatic N) is 2. The average molecular weight is 382 g/mol. The Balaban J connectivity index is 2.03. The van der Waals surface area contributed by atoms with Gasteiger partial charge in [-0.1, -0.05) is 29.3 Å². The molecule has 0 aromatic heterocycles. The molecule has 0 heterocycles. The third kappa shape index (κ3) is 4.68. The minimum absolute atomic E-state index is 0.120. The van der Waals surface area contributed by atoms with Crippen LogP contribution in [0.1, 0.15) is 10.4 Å². The van der Waals surface area contributed by atoms with Gasteiger partial charge in [0.15, 0.2) is 0 Å². The van der Waals surface area contributed by atoms with Crippen LogP contribution in [0.5, 0.6) is 0 Å². The van der Waals surface area contributed by atoms with Crippen LogP contribution in [-0.2, 0) is 4.79 Å². The van der Waals surface area contributed by atoms with Gasteiger partial charge in [-0.15, -0.1) is 0 Å². The molecule has 9 heteroatoms. The molecule has 0 aliphatic rings. The highest BCUT2D eigenvalue weighted by Gasteiger charge is 2.17. The normalized spacial score (nSPS) is 10.2. The standard InChI is InChI=1S/C16H13Cl2N3O4/c1-20(16(23)10-5-7-11(8-6-10)21(24)25)9-14(22)19-15-12(17)3-2-4-13(15)18/h2-8H,9H2,1H3,(H,19,22). The highest BCUT2D eigenvalue weighted by atomic mass is 35.5. The monoisotopic (exact) mass is 381 g/mol. The molecule has 7 nitrogen and oxygen atoms in total. The molecular formula is C16H13Cl2N3O4. The van der Waals surface area contributed by atoms with Crippen molar-refractivity contribution in [3.8, 4) is 0 Å². The summed E-state index contributed by atoms with van der Waals surface area (Å²) in [5.74, 6) is -0.928. The van der Waals surface area contributed by atoms with Gasteiger partial charge in [-0.3, -0.25) is 19.7 Å². The number of nitro groups is 1. The number of nitro benzene ring substituents is 1. The number of likely N-dealkylation sites (N-methyl/N-ethyl adjacent to an activating group) is 1. The van der Waals surface area contributed by atoms with Crippen molar-refractivity contribution in [2.24, 2.45) is 0 Å². The van der Waals surface area contributed by atoms with Crippen LogP contribution >= 0.6 is 23.2 Å². The Labute approximate surface area is 153 Å². The van der Waals surface area contributed by atoms with Crippen LogP contribution in [0.25, 0.3) is 0 Å². The number of non-ortho nitro benzene ring substituents is 1. The van der Waals surface area contributed by atoms with Crippen LogP contribution in [0.3, 0.4) is 0 Å². The summed E-state index contributed by atoms with van der Waals surface area (Å²) < 4.78 is 0. The van der Waals surface area contributed by atoms with Gasteiger partial charge in [-0.2, -0.15) is 0 Å². The van der Waals surface area contributed by atoms with E-state index >= 15 is 0 Å². The lowest BCUT2D eigenvalue weighted by atomic mass is 10.2. The van der Waals surface area contributed by atoms with E-state index < -0.39 is 16.7 Å². The molecule has 0 bridgehead atoms. The van der Waals surface area contributed by atoms with Crippen LogP contribution in [-0.4, -0.2) is 35.2 Å². The van der Waals surface area contributed by atoms with Crippen molar-refractivity contribution >= 4 is 46.4 Å². The number of halogens is 2. The second-order valence-corrected chi connectivity index (χ2v) is 5.92. The maximum absolute atomic E-state index is 12.3. The summed E-state index contributed by atoms with van der Waals surface area (Å²) in [5.41, 5.74) is 0.383. The number of hydrogen-bond donors (Lipinski definition) is 1. The van der Waals surface area contributed by atoms with Gasteiger partial charge in [-0.25, -0.2) is 0 Å². The summed E-state index contributed by atoms with van der Waals surface area (Å²) in [7, 11) is 1.44. The third-order valence-corrected chi connectivity index (χ3v) is 3.91. The largest absolute Gasteiger partial charge is 0.332 e. The zero-order valence-electron chi connectivity index (χ0n) is 13.0. The van der Waals surface area contributed by atoms with E-state index in [-0.39, 0.29) is 33.5 Å². The van der Waals surface area contributed by atoms with E-state index in [9.17, 15) is 19.7 Å². The Morgan fingerprint density at radius 1 is 1.12 bits per heavy atom. The van der Waals surface area contributed by atoms with Crippen LogP contribution < -0.4 is 5.32 Å². The number of rotatable bonds is 5. The molecule has 1 N–H and O–H groups in total. The fourth-order valence-electron chi connectivity index (χ4n) is 2.03. The van der Waals surface area contributed by atoms with Gasteiger partial charge in [0, 0.05) is 24.7 Å². The zero-order valence-corrected chi connectivity index (χ0v) is 14.5. The van der Waals surface area contributed by atoms with Crippen molar-refractivity contribution in [1.29, 1.82) is 0 Å². The van der Waals surface area contributed by atoms with Crippen molar-refractivity contribution in [2.45, 2.75) is 0 Å². The predicted molar refractivity (Wildman–Crippen MR) is 95.1 cm³/mol. The number of hydrogen-bond acceptors (Lipinski definition) is 4. The Bertz CT molecular complexity index is 804. The lowest BCUT2D eigenvalue weighted by molar-refractivity contribution is -0.384. The summed E-state index contributed by atoms with van der Waals surface area (Å²) >= 11 is 11.9. The van der Waals surface area contributed by atoms with Gasteiger partial charge < -0.3 is 10.2 Å². The van der Waals surface area contributed by atoms with E-state index in [1.165, 1.54) is 36.2 Å². The van der Waals surface area contributed by atoms with E-state index in [0.29, 0.717) is 0 Å². The molecule has 0 aliphatic heterocycles. The molecule has 0 aliphatic carbocycles. The molecule has 2 aromatic carbocycles. The zero-order chi connectivity index (χ0) is 18.6. The number of nitrogens with one attached hydrogen (secondary N) is 1. The second-order valence-electron chi connectivity index (χ2n) is 5.11. The predicted octanol–water partition coefficient (Wildman–Crippen LogP) is 3.61. The number of para-hydroxylation sites is 1. The van der Waals surface area contributed by atoms with E-state index in [1.807, 2.05) is 0 Å². The van der Waals surface area contributed by atoms with Crippen LogP contribution in [0.4, 0.5) is 11.4 Å². The molecule has 0 radical (unpaired) electrons. The van der Waals surface area contributed by atoms with Gasteiger partial charge in [0.05, 0.1) is 27.2 Å². The first-order valence-corrected chi connectivity index (χ1v) is 7.79. The molecule has 2 aromatic rings. The van der Waals surface area contributed by atoms with E-state index in [0.717, 1.165) is 0 Å². The molecule has 0 saturated carbocycles. The van der Waals surface area contributed by atoms with Crippen molar-refractivity contribution in [2.75, 3.05) is 18.9 Å². The first kappa shape index (κ1) is 18.7. The van der Waals surface area contributed by atoms with Crippen molar-refractivity contribution in [3.05, 3.63) is 68.2 Å². The lowest BCUT2D eigenvalue weighted by Gasteiger charge is -2.17.